The van der Waals surface area contributed by atoms with E-state index in [-0.39, 0.29) is 11.2 Å². The number of aromatic nitrogens is 1. The van der Waals surface area contributed by atoms with Crippen molar-refractivity contribution in [1.82, 2.24) is 4.98 Å². The van der Waals surface area contributed by atoms with Gasteiger partial charge >= 0.3 is 0 Å². The smallest absolute Gasteiger partial charge is 0.237 e. The standard InChI is InChI=1S/C21H16Cl3N3OS/c1-13(21(28)27-19-17(22)5-2-6-18(19)23)29-16-9-7-15(8-10-16)26-12-14-4-3-11-25-20(14)24/h2-13H,1H3,(H,27,28)/t13-/m1/s1. The maximum absolute atomic E-state index is 12.5. The van der Waals surface area contributed by atoms with Crippen LogP contribution in [0, 0.1) is 0 Å². The number of carbonyl (C=O) groups is 1. The molecular formula is C21H16Cl3N3OS. The minimum Gasteiger partial charge on any atom is -0.323 e. The van der Waals surface area contributed by atoms with Crippen LogP contribution >= 0.6 is 46.6 Å². The van der Waals surface area contributed by atoms with Crippen LogP contribution in [0.25, 0.3) is 0 Å². The summed E-state index contributed by atoms with van der Waals surface area (Å²) in [4.78, 5) is 21.8. The Morgan fingerprint density at radius 3 is 2.41 bits per heavy atom. The number of nitrogens with zero attached hydrogens (tertiary/aromatic N) is 2. The van der Waals surface area contributed by atoms with Gasteiger partial charge in [0.15, 0.2) is 0 Å². The SMILES string of the molecule is C[C@@H](Sc1ccc(N=Cc2cccnc2Cl)cc1)C(=O)Nc1c(Cl)cccc1Cl. The molecule has 8 heteroatoms. The number of hydrogen-bond acceptors (Lipinski definition) is 4. The van der Waals surface area contributed by atoms with Gasteiger partial charge in [0.25, 0.3) is 0 Å². The average molecular weight is 465 g/mol. The van der Waals surface area contributed by atoms with Crippen molar-refractivity contribution in [2.75, 3.05) is 5.32 Å². The fraction of sp³-hybridized carbons (Fsp3) is 0.0952. The highest BCUT2D eigenvalue weighted by atomic mass is 35.5. The van der Waals surface area contributed by atoms with E-state index in [1.807, 2.05) is 37.3 Å². The summed E-state index contributed by atoms with van der Waals surface area (Å²) in [6, 6.07) is 16.3. The quantitative estimate of drug-likeness (QED) is 0.245. The van der Waals surface area contributed by atoms with Crippen molar-refractivity contribution in [1.29, 1.82) is 0 Å². The number of anilines is 1. The molecule has 0 aliphatic rings. The van der Waals surface area contributed by atoms with Crippen LogP contribution < -0.4 is 5.32 Å². The summed E-state index contributed by atoms with van der Waals surface area (Å²) in [7, 11) is 0. The Morgan fingerprint density at radius 2 is 1.76 bits per heavy atom. The zero-order valence-corrected chi connectivity index (χ0v) is 18.4. The van der Waals surface area contributed by atoms with Crippen molar-refractivity contribution in [3.63, 3.8) is 0 Å². The third-order valence-electron chi connectivity index (χ3n) is 3.87. The lowest BCUT2D eigenvalue weighted by molar-refractivity contribution is -0.115. The molecule has 1 heterocycles. The average Bonchev–Trinajstić information content (AvgIpc) is 2.71. The summed E-state index contributed by atoms with van der Waals surface area (Å²) < 4.78 is 0. The number of thioether (sulfide) groups is 1. The first-order valence-electron chi connectivity index (χ1n) is 8.60. The Kier molecular flexibility index (Phi) is 7.56. The second-order valence-electron chi connectivity index (χ2n) is 5.98. The lowest BCUT2D eigenvalue weighted by Crippen LogP contribution is -2.22. The molecule has 0 radical (unpaired) electrons. The van der Waals surface area contributed by atoms with Gasteiger partial charge in [0.1, 0.15) is 5.15 Å². The molecule has 0 saturated heterocycles. The zero-order valence-electron chi connectivity index (χ0n) is 15.3. The van der Waals surface area contributed by atoms with Gasteiger partial charge in [-0.3, -0.25) is 9.79 Å². The number of hydrogen-bond donors (Lipinski definition) is 1. The van der Waals surface area contributed by atoms with Crippen LogP contribution in [0.3, 0.4) is 0 Å². The van der Waals surface area contributed by atoms with Gasteiger partial charge in [-0.05, 0) is 55.5 Å². The lowest BCUT2D eigenvalue weighted by Gasteiger charge is -2.14. The molecule has 148 valence electrons. The molecule has 1 amide bonds. The summed E-state index contributed by atoms with van der Waals surface area (Å²) in [6.45, 7) is 1.82. The molecule has 0 unspecified atom stereocenters. The molecule has 2 aromatic carbocycles. The minimum absolute atomic E-state index is 0.182. The second kappa shape index (κ2) is 10.1. The highest BCUT2D eigenvalue weighted by Crippen LogP contribution is 2.31. The molecule has 3 rings (SSSR count). The molecule has 0 aliphatic heterocycles. The van der Waals surface area contributed by atoms with Crippen molar-refractivity contribution in [3.05, 3.63) is 81.6 Å². The fourth-order valence-corrected chi connectivity index (χ4v) is 3.88. The lowest BCUT2D eigenvalue weighted by atomic mass is 10.3. The van der Waals surface area contributed by atoms with E-state index in [0.717, 1.165) is 16.1 Å². The molecule has 4 nitrogen and oxygen atoms in total. The zero-order chi connectivity index (χ0) is 20.8. The minimum atomic E-state index is -0.342. The molecule has 0 spiro atoms. The van der Waals surface area contributed by atoms with Gasteiger partial charge in [-0.1, -0.05) is 40.9 Å². The van der Waals surface area contributed by atoms with Crippen LogP contribution in [-0.4, -0.2) is 22.4 Å². The summed E-state index contributed by atoms with van der Waals surface area (Å²) in [5.74, 6) is -0.182. The Morgan fingerprint density at radius 1 is 1.07 bits per heavy atom. The highest BCUT2D eigenvalue weighted by molar-refractivity contribution is 8.00. The first kappa shape index (κ1) is 21.7. The number of aliphatic imine (C=N–C) groups is 1. The largest absolute Gasteiger partial charge is 0.323 e. The third-order valence-corrected chi connectivity index (χ3v) is 5.93. The van der Waals surface area contributed by atoms with E-state index in [1.54, 1.807) is 36.7 Å². The molecular weight excluding hydrogens is 449 g/mol. The number of halogens is 3. The normalized spacial score (nSPS) is 12.1. The van der Waals surface area contributed by atoms with Gasteiger partial charge in [0.05, 0.1) is 26.7 Å². The van der Waals surface area contributed by atoms with Crippen LogP contribution in [0.2, 0.25) is 15.2 Å². The van der Waals surface area contributed by atoms with Crippen LogP contribution in [0.5, 0.6) is 0 Å². The van der Waals surface area contributed by atoms with Crippen molar-refractivity contribution in [2.24, 2.45) is 4.99 Å². The van der Waals surface area contributed by atoms with E-state index in [2.05, 4.69) is 15.3 Å². The van der Waals surface area contributed by atoms with Gasteiger partial charge < -0.3 is 5.32 Å². The predicted octanol–water partition coefficient (Wildman–Crippen LogP) is 6.91. The molecule has 29 heavy (non-hydrogen) atoms. The van der Waals surface area contributed by atoms with E-state index in [0.29, 0.717) is 20.9 Å². The van der Waals surface area contributed by atoms with Crippen LogP contribution in [0.1, 0.15) is 12.5 Å². The summed E-state index contributed by atoms with van der Waals surface area (Å²) in [5.41, 5.74) is 1.94. The van der Waals surface area contributed by atoms with Crippen molar-refractivity contribution >= 4 is 70.1 Å². The van der Waals surface area contributed by atoms with E-state index in [1.165, 1.54) is 11.8 Å². The first-order valence-corrected chi connectivity index (χ1v) is 10.6. The molecule has 1 atom stereocenters. The molecule has 0 aliphatic carbocycles. The van der Waals surface area contributed by atoms with E-state index >= 15 is 0 Å². The number of pyridine rings is 1. The van der Waals surface area contributed by atoms with Crippen LogP contribution in [0.15, 0.2) is 70.7 Å². The predicted molar refractivity (Wildman–Crippen MR) is 123 cm³/mol. The van der Waals surface area contributed by atoms with Crippen molar-refractivity contribution in [2.45, 2.75) is 17.1 Å². The Hall–Kier alpha value is -2.05. The van der Waals surface area contributed by atoms with E-state index < -0.39 is 0 Å². The topological polar surface area (TPSA) is 54.4 Å². The molecule has 0 bridgehead atoms. The monoisotopic (exact) mass is 463 g/mol. The molecule has 1 N–H and O–H groups in total. The van der Waals surface area contributed by atoms with Crippen LogP contribution in [-0.2, 0) is 4.79 Å². The maximum Gasteiger partial charge on any atom is 0.237 e. The first-order chi connectivity index (χ1) is 13.9. The molecule has 0 fully saturated rings. The van der Waals surface area contributed by atoms with E-state index in [4.69, 9.17) is 34.8 Å². The van der Waals surface area contributed by atoms with Gasteiger partial charge in [0.2, 0.25) is 5.91 Å². The number of rotatable bonds is 6. The summed E-state index contributed by atoms with van der Waals surface area (Å²) >= 11 is 19.7. The highest BCUT2D eigenvalue weighted by Gasteiger charge is 2.17. The summed E-state index contributed by atoms with van der Waals surface area (Å²) in [5, 5.41) is 3.65. The summed E-state index contributed by atoms with van der Waals surface area (Å²) in [6.07, 6.45) is 3.30. The molecule has 0 saturated carbocycles. The maximum atomic E-state index is 12.5. The number of nitrogens with one attached hydrogen (secondary N) is 1. The van der Waals surface area contributed by atoms with Gasteiger partial charge in [-0.2, -0.15) is 0 Å². The number of carbonyl (C=O) groups excluding carboxylic acids is 1. The van der Waals surface area contributed by atoms with Crippen LogP contribution in [0.4, 0.5) is 11.4 Å². The fourth-order valence-electron chi connectivity index (χ4n) is 2.35. The second-order valence-corrected chi connectivity index (χ2v) is 8.57. The number of amides is 1. The van der Waals surface area contributed by atoms with E-state index in [9.17, 15) is 4.79 Å². The van der Waals surface area contributed by atoms with Gasteiger partial charge in [0, 0.05) is 22.9 Å². The Balaban J connectivity index is 1.61. The molecule has 1 aromatic heterocycles. The number of benzene rings is 2. The van der Waals surface area contributed by atoms with Crippen molar-refractivity contribution < 1.29 is 4.79 Å². The van der Waals surface area contributed by atoms with Gasteiger partial charge in [-0.15, -0.1) is 11.8 Å². The Labute approximate surface area is 188 Å². The van der Waals surface area contributed by atoms with Gasteiger partial charge in [-0.25, -0.2) is 4.98 Å². The number of para-hydroxylation sites is 1. The van der Waals surface area contributed by atoms with Crippen molar-refractivity contribution in [3.8, 4) is 0 Å². The molecule has 3 aromatic rings. The third kappa shape index (κ3) is 5.97. The Bertz CT molecular complexity index is 1020.